The second-order valence-corrected chi connectivity index (χ2v) is 9.39. The second-order valence-electron chi connectivity index (χ2n) is 9.39. The molecule has 2 N–H and O–H groups in total. The SMILES string of the molecule is CCC(=O)OC(CC1(C)C(C)CCC(=O)C1C)C(C)=CCc1c(O)cc(C)c(C=O)c1O. The van der Waals surface area contributed by atoms with Crippen LogP contribution in [0.2, 0.25) is 0 Å². The van der Waals surface area contributed by atoms with Crippen LogP contribution in [-0.4, -0.2) is 34.4 Å². The van der Waals surface area contributed by atoms with E-state index in [1.807, 2.05) is 13.8 Å². The Hall–Kier alpha value is -2.63. The molecule has 6 nitrogen and oxygen atoms in total. The highest BCUT2D eigenvalue weighted by molar-refractivity contribution is 5.83. The van der Waals surface area contributed by atoms with Crippen LogP contribution in [0.3, 0.4) is 0 Å². The number of hydrogen-bond acceptors (Lipinski definition) is 6. The Morgan fingerprint density at radius 3 is 2.59 bits per heavy atom. The first-order chi connectivity index (χ1) is 15.0. The van der Waals surface area contributed by atoms with E-state index in [2.05, 4.69) is 13.8 Å². The number of phenols is 2. The van der Waals surface area contributed by atoms with E-state index in [1.165, 1.54) is 6.07 Å². The first-order valence-corrected chi connectivity index (χ1v) is 11.3. The maximum Gasteiger partial charge on any atom is 0.306 e. The maximum atomic E-state index is 12.5. The van der Waals surface area contributed by atoms with Crippen LogP contribution in [0, 0.1) is 24.2 Å². The van der Waals surface area contributed by atoms with Crippen LogP contribution >= 0.6 is 0 Å². The fraction of sp³-hybridized carbons (Fsp3) is 0.577. The molecule has 176 valence electrons. The number of Topliss-reactive ketones (excluding diaryl/α,β-unsaturated/α-hetero) is 1. The molecule has 0 aliphatic heterocycles. The van der Waals surface area contributed by atoms with Gasteiger partial charge in [0.1, 0.15) is 23.4 Å². The summed E-state index contributed by atoms with van der Waals surface area (Å²) < 4.78 is 5.77. The smallest absolute Gasteiger partial charge is 0.306 e. The van der Waals surface area contributed by atoms with Crippen molar-refractivity contribution in [3.8, 4) is 11.5 Å². The molecule has 1 aliphatic rings. The van der Waals surface area contributed by atoms with Gasteiger partial charge in [-0.05, 0) is 61.6 Å². The Bertz CT molecular complexity index is 915. The summed E-state index contributed by atoms with van der Waals surface area (Å²) >= 11 is 0. The third-order valence-corrected chi connectivity index (χ3v) is 7.49. The number of esters is 1. The van der Waals surface area contributed by atoms with Gasteiger partial charge in [0.05, 0.1) is 5.56 Å². The van der Waals surface area contributed by atoms with Crippen molar-refractivity contribution in [3.05, 3.63) is 34.4 Å². The lowest BCUT2D eigenvalue weighted by Crippen LogP contribution is -2.44. The van der Waals surface area contributed by atoms with E-state index in [0.29, 0.717) is 30.6 Å². The molecule has 2 rings (SSSR count). The van der Waals surface area contributed by atoms with Gasteiger partial charge in [-0.25, -0.2) is 0 Å². The van der Waals surface area contributed by atoms with Crippen LogP contribution in [-0.2, 0) is 20.7 Å². The minimum atomic E-state index is -0.525. The van der Waals surface area contributed by atoms with Crippen molar-refractivity contribution in [2.45, 2.75) is 79.8 Å². The molecule has 0 amide bonds. The minimum Gasteiger partial charge on any atom is -0.508 e. The van der Waals surface area contributed by atoms with Gasteiger partial charge in [-0.3, -0.25) is 14.4 Å². The average Bonchev–Trinajstić information content (AvgIpc) is 2.74. The highest BCUT2D eigenvalue weighted by atomic mass is 16.5. The van der Waals surface area contributed by atoms with Crippen LogP contribution in [0.1, 0.15) is 81.8 Å². The molecular formula is C26H36O6. The van der Waals surface area contributed by atoms with Crippen molar-refractivity contribution >= 4 is 18.0 Å². The molecule has 0 heterocycles. The van der Waals surface area contributed by atoms with Gasteiger partial charge in [0, 0.05) is 24.3 Å². The summed E-state index contributed by atoms with van der Waals surface area (Å²) in [5, 5.41) is 20.7. The predicted octanol–water partition coefficient (Wildman–Crippen LogP) is 5.06. The number of ketones is 1. The van der Waals surface area contributed by atoms with E-state index in [4.69, 9.17) is 4.74 Å². The largest absolute Gasteiger partial charge is 0.508 e. The quantitative estimate of drug-likeness (QED) is 0.330. The molecule has 1 aromatic carbocycles. The molecule has 1 fully saturated rings. The van der Waals surface area contributed by atoms with Gasteiger partial charge in [0.25, 0.3) is 0 Å². The van der Waals surface area contributed by atoms with E-state index in [0.717, 1.165) is 12.0 Å². The fourth-order valence-corrected chi connectivity index (χ4v) is 4.60. The zero-order chi connectivity index (χ0) is 24.2. The summed E-state index contributed by atoms with van der Waals surface area (Å²) in [6.07, 6.45) is 4.17. The van der Waals surface area contributed by atoms with E-state index in [1.54, 1.807) is 19.9 Å². The lowest BCUT2D eigenvalue weighted by Gasteiger charge is -2.45. The van der Waals surface area contributed by atoms with Crippen molar-refractivity contribution in [2.75, 3.05) is 0 Å². The number of allylic oxidation sites excluding steroid dienone is 1. The van der Waals surface area contributed by atoms with E-state index >= 15 is 0 Å². The monoisotopic (exact) mass is 444 g/mol. The molecule has 1 saturated carbocycles. The van der Waals surface area contributed by atoms with E-state index < -0.39 is 6.10 Å². The number of carbonyl (C=O) groups excluding carboxylic acids is 3. The molecule has 1 aliphatic carbocycles. The van der Waals surface area contributed by atoms with Crippen LogP contribution < -0.4 is 0 Å². The minimum absolute atomic E-state index is 0.0937. The Labute approximate surface area is 190 Å². The predicted molar refractivity (Wildman–Crippen MR) is 123 cm³/mol. The normalized spacial score (nSPS) is 24.8. The number of hydrogen-bond donors (Lipinski definition) is 2. The van der Waals surface area contributed by atoms with Gasteiger partial charge in [0.15, 0.2) is 6.29 Å². The Morgan fingerprint density at radius 1 is 1.34 bits per heavy atom. The summed E-state index contributed by atoms with van der Waals surface area (Å²) in [4.78, 5) is 35.9. The van der Waals surface area contributed by atoms with Gasteiger partial charge in [-0.2, -0.15) is 0 Å². The molecule has 32 heavy (non-hydrogen) atoms. The summed E-state index contributed by atoms with van der Waals surface area (Å²) in [7, 11) is 0. The number of aromatic hydroxyl groups is 2. The summed E-state index contributed by atoms with van der Waals surface area (Å²) in [5.74, 6) is -0.255. The topological polar surface area (TPSA) is 101 Å². The van der Waals surface area contributed by atoms with Crippen LogP contribution in [0.4, 0.5) is 0 Å². The maximum absolute atomic E-state index is 12.5. The zero-order valence-electron chi connectivity index (χ0n) is 20.0. The van der Waals surface area contributed by atoms with Gasteiger partial charge >= 0.3 is 5.97 Å². The first-order valence-electron chi connectivity index (χ1n) is 11.3. The standard InChI is InChI=1S/C26H36O6/c1-7-24(30)32-23(13-26(6)17(4)9-11-21(28)18(26)5)15(2)8-10-19-22(29)12-16(3)20(14-27)25(19)31/h8,12,14,17-18,23,29,31H,7,9-11,13H2,1-6H3. The Balaban J connectivity index is 2.37. The van der Waals surface area contributed by atoms with Crippen LogP contribution in [0.5, 0.6) is 11.5 Å². The summed E-state index contributed by atoms with van der Waals surface area (Å²) in [6, 6.07) is 1.45. The summed E-state index contributed by atoms with van der Waals surface area (Å²) in [6.45, 7) is 11.4. The molecule has 4 unspecified atom stereocenters. The van der Waals surface area contributed by atoms with Crippen molar-refractivity contribution < 1.29 is 29.3 Å². The highest BCUT2D eigenvalue weighted by Gasteiger charge is 2.45. The van der Waals surface area contributed by atoms with Crippen molar-refractivity contribution in [1.82, 2.24) is 0 Å². The fourth-order valence-electron chi connectivity index (χ4n) is 4.60. The van der Waals surface area contributed by atoms with Gasteiger partial charge in [-0.1, -0.05) is 33.8 Å². The molecule has 4 atom stereocenters. The van der Waals surface area contributed by atoms with E-state index in [9.17, 15) is 24.6 Å². The Kier molecular flexibility index (Phi) is 8.27. The molecule has 0 spiro atoms. The van der Waals surface area contributed by atoms with Crippen molar-refractivity contribution in [3.63, 3.8) is 0 Å². The number of ether oxygens (including phenoxy) is 1. The number of benzene rings is 1. The lowest BCUT2D eigenvalue weighted by atomic mass is 9.59. The highest BCUT2D eigenvalue weighted by Crippen LogP contribution is 2.47. The number of rotatable bonds is 8. The van der Waals surface area contributed by atoms with Gasteiger partial charge in [0.2, 0.25) is 0 Å². The number of aldehydes is 1. The number of carbonyl (C=O) groups is 3. The van der Waals surface area contributed by atoms with Crippen molar-refractivity contribution in [1.29, 1.82) is 0 Å². The molecule has 0 radical (unpaired) electrons. The van der Waals surface area contributed by atoms with Crippen LogP contribution in [0.15, 0.2) is 17.7 Å². The van der Waals surface area contributed by atoms with Gasteiger partial charge < -0.3 is 14.9 Å². The zero-order valence-corrected chi connectivity index (χ0v) is 20.0. The Morgan fingerprint density at radius 2 is 2.00 bits per heavy atom. The van der Waals surface area contributed by atoms with Crippen molar-refractivity contribution in [2.24, 2.45) is 17.3 Å². The molecule has 0 aromatic heterocycles. The molecule has 0 bridgehead atoms. The van der Waals surface area contributed by atoms with Crippen LogP contribution in [0.25, 0.3) is 0 Å². The summed E-state index contributed by atoms with van der Waals surface area (Å²) in [5.41, 5.74) is 1.35. The number of aryl methyl sites for hydroxylation is 1. The molecule has 0 saturated heterocycles. The third-order valence-electron chi connectivity index (χ3n) is 7.49. The number of phenolic OH excluding ortho intramolecular Hbond substituents is 2. The molecule has 1 aromatic rings. The third kappa shape index (κ3) is 5.22. The molecule has 6 heteroatoms. The average molecular weight is 445 g/mol. The lowest BCUT2D eigenvalue weighted by molar-refractivity contribution is -0.150. The molecular weight excluding hydrogens is 408 g/mol. The first kappa shape index (κ1) is 25.6. The second kappa shape index (κ2) is 10.3. The van der Waals surface area contributed by atoms with Gasteiger partial charge in [-0.15, -0.1) is 0 Å². The van der Waals surface area contributed by atoms with E-state index in [-0.39, 0.29) is 58.6 Å².